The van der Waals surface area contributed by atoms with Crippen LogP contribution in [0.25, 0.3) is 0 Å². The van der Waals surface area contributed by atoms with E-state index in [9.17, 15) is 0 Å². The highest BCUT2D eigenvalue weighted by molar-refractivity contribution is 5.80. The molecule has 1 aromatic heterocycles. The van der Waals surface area contributed by atoms with E-state index in [-0.39, 0.29) is 6.04 Å². The van der Waals surface area contributed by atoms with E-state index < -0.39 is 0 Å². The van der Waals surface area contributed by atoms with Crippen molar-refractivity contribution in [2.75, 3.05) is 32.6 Å². The molecule has 0 amide bonds. The number of aromatic nitrogens is 3. The van der Waals surface area contributed by atoms with Crippen LogP contribution in [-0.2, 0) is 30.9 Å². The number of nitrogens with one attached hydrogen (secondary N) is 2. The molecule has 0 fully saturated rings. The SMILES string of the molecule is CCNC(=NCc1ccc(C)cc1N(C)C)NC1CCc2nc(COC)nn2C1. The fourth-order valence-electron chi connectivity index (χ4n) is 3.57. The van der Waals surface area contributed by atoms with Gasteiger partial charge < -0.3 is 20.3 Å². The Hall–Kier alpha value is -2.61. The molecule has 8 heteroatoms. The number of hydrogen-bond acceptors (Lipinski definition) is 5. The van der Waals surface area contributed by atoms with Crippen LogP contribution < -0.4 is 15.5 Å². The van der Waals surface area contributed by atoms with Crippen LogP contribution in [0.15, 0.2) is 23.2 Å². The zero-order valence-electron chi connectivity index (χ0n) is 18.2. The summed E-state index contributed by atoms with van der Waals surface area (Å²) in [5.41, 5.74) is 3.68. The summed E-state index contributed by atoms with van der Waals surface area (Å²) in [6.07, 6.45) is 1.90. The summed E-state index contributed by atoms with van der Waals surface area (Å²) in [6, 6.07) is 6.78. The predicted molar refractivity (Wildman–Crippen MR) is 116 cm³/mol. The highest BCUT2D eigenvalue weighted by Gasteiger charge is 2.22. The fraction of sp³-hybridized carbons (Fsp3) is 0.571. The van der Waals surface area contributed by atoms with Gasteiger partial charge >= 0.3 is 0 Å². The van der Waals surface area contributed by atoms with Gasteiger partial charge in [-0.05, 0) is 37.5 Å². The second-order valence-corrected chi connectivity index (χ2v) is 7.66. The van der Waals surface area contributed by atoms with Gasteiger partial charge in [-0.2, -0.15) is 5.10 Å². The highest BCUT2D eigenvalue weighted by atomic mass is 16.5. The van der Waals surface area contributed by atoms with Crippen LogP contribution in [0.2, 0.25) is 0 Å². The minimum absolute atomic E-state index is 0.267. The number of rotatable bonds is 7. The molecule has 8 nitrogen and oxygen atoms in total. The molecule has 1 aliphatic rings. The van der Waals surface area contributed by atoms with Gasteiger partial charge in [-0.3, -0.25) is 0 Å². The molecule has 0 aliphatic carbocycles. The van der Waals surface area contributed by atoms with Gasteiger partial charge in [-0.1, -0.05) is 12.1 Å². The average Bonchev–Trinajstić information content (AvgIpc) is 3.09. The van der Waals surface area contributed by atoms with E-state index >= 15 is 0 Å². The van der Waals surface area contributed by atoms with Crippen LogP contribution in [0.4, 0.5) is 5.69 Å². The lowest BCUT2D eigenvalue weighted by Gasteiger charge is -2.25. The number of guanidine groups is 1. The van der Waals surface area contributed by atoms with Crippen LogP contribution >= 0.6 is 0 Å². The zero-order chi connectivity index (χ0) is 20.8. The summed E-state index contributed by atoms with van der Waals surface area (Å²) in [6.45, 7) is 6.88. The molecular formula is C21H33N7O. The van der Waals surface area contributed by atoms with Crippen molar-refractivity contribution in [2.45, 2.75) is 52.4 Å². The van der Waals surface area contributed by atoms with Gasteiger partial charge in [0.05, 0.1) is 13.1 Å². The van der Waals surface area contributed by atoms with E-state index in [0.29, 0.717) is 13.2 Å². The van der Waals surface area contributed by atoms with Crippen LogP contribution in [0.5, 0.6) is 0 Å². The molecule has 2 heterocycles. The number of methoxy groups -OCH3 is 1. The molecular weight excluding hydrogens is 366 g/mol. The maximum absolute atomic E-state index is 5.15. The second-order valence-electron chi connectivity index (χ2n) is 7.66. The fourth-order valence-corrected chi connectivity index (χ4v) is 3.57. The molecule has 0 radical (unpaired) electrons. The van der Waals surface area contributed by atoms with Crippen molar-refractivity contribution in [3.05, 3.63) is 41.0 Å². The molecule has 1 aromatic carbocycles. The molecule has 29 heavy (non-hydrogen) atoms. The van der Waals surface area contributed by atoms with Crippen molar-refractivity contribution in [3.8, 4) is 0 Å². The van der Waals surface area contributed by atoms with E-state index in [1.54, 1.807) is 7.11 Å². The molecule has 1 unspecified atom stereocenters. The molecule has 158 valence electrons. The second kappa shape index (κ2) is 9.73. The Labute approximate surface area is 173 Å². The maximum Gasteiger partial charge on any atom is 0.191 e. The van der Waals surface area contributed by atoms with E-state index in [4.69, 9.17) is 9.73 Å². The Balaban J connectivity index is 1.69. The molecule has 2 N–H and O–H groups in total. The molecule has 0 saturated heterocycles. The van der Waals surface area contributed by atoms with Crippen molar-refractivity contribution < 1.29 is 4.74 Å². The van der Waals surface area contributed by atoms with Crippen LogP contribution in [-0.4, -0.2) is 54.5 Å². The van der Waals surface area contributed by atoms with Gasteiger partial charge in [0.15, 0.2) is 11.8 Å². The van der Waals surface area contributed by atoms with E-state index in [1.807, 2.05) is 4.68 Å². The smallest absolute Gasteiger partial charge is 0.191 e. The lowest BCUT2D eigenvalue weighted by atomic mass is 10.1. The molecule has 2 aromatic rings. The van der Waals surface area contributed by atoms with Crippen LogP contribution in [0, 0.1) is 6.92 Å². The Morgan fingerprint density at radius 3 is 2.93 bits per heavy atom. The average molecular weight is 400 g/mol. The summed E-state index contributed by atoms with van der Waals surface area (Å²) in [7, 11) is 5.81. The minimum Gasteiger partial charge on any atom is -0.377 e. The molecule has 1 aliphatic heterocycles. The summed E-state index contributed by atoms with van der Waals surface area (Å²) in [5, 5.41) is 11.5. The van der Waals surface area contributed by atoms with Gasteiger partial charge in [0.2, 0.25) is 0 Å². The summed E-state index contributed by atoms with van der Waals surface area (Å²) in [5.74, 6) is 2.62. The lowest BCUT2D eigenvalue weighted by molar-refractivity contribution is 0.177. The molecule has 0 spiro atoms. The quantitative estimate of drug-likeness (QED) is 0.547. The first-order valence-electron chi connectivity index (χ1n) is 10.2. The number of ether oxygens (including phenoxy) is 1. The first kappa shape index (κ1) is 21.1. The summed E-state index contributed by atoms with van der Waals surface area (Å²) >= 11 is 0. The van der Waals surface area contributed by atoms with Crippen molar-refractivity contribution >= 4 is 11.6 Å². The van der Waals surface area contributed by atoms with E-state index in [2.05, 4.69) is 71.8 Å². The number of aliphatic imine (C=N–C) groups is 1. The first-order valence-corrected chi connectivity index (χ1v) is 10.2. The molecule has 1 atom stereocenters. The third-order valence-corrected chi connectivity index (χ3v) is 4.99. The topological polar surface area (TPSA) is 79.6 Å². The molecule has 3 rings (SSSR count). The first-order chi connectivity index (χ1) is 14.0. The van der Waals surface area contributed by atoms with Crippen molar-refractivity contribution in [3.63, 3.8) is 0 Å². The summed E-state index contributed by atoms with van der Waals surface area (Å²) < 4.78 is 7.14. The third-order valence-electron chi connectivity index (χ3n) is 4.99. The highest BCUT2D eigenvalue weighted by Crippen LogP contribution is 2.21. The van der Waals surface area contributed by atoms with E-state index in [1.165, 1.54) is 16.8 Å². The van der Waals surface area contributed by atoms with Gasteiger partial charge in [0, 0.05) is 45.9 Å². The Morgan fingerprint density at radius 2 is 2.21 bits per heavy atom. The number of benzene rings is 1. The lowest BCUT2D eigenvalue weighted by Crippen LogP contribution is -2.47. The van der Waals surface area contributed by atoms with Crippen molar-refractivity contribution in [1.82, 2.24) is 25.4 Å². The number of aryl methyl sites for hydroxylation is 2. The number of hydrogen-bond donors (Lipinski definition) is 2. The molecule has 0 saturated carbocycles. The van der Waals surface area contributed by atoms with Gasteiger partial charge in [-0.25, -0.2) is 14.7 Å². The largest absolute Gasteiger partial charge is 0.377 e. The summed E-state index contributed by atoms with van der Waals surface area (Å²) in [4.78, 5) is 11.5. The normalized spacial score (nSPS) is 16.4. The maximum atomic E-state index is 5.15. The zero-order valence-corrected chi connectivity index (χ0v) is 18.2. The van der Waals surface area contributed by atoms with Gasteiger partial charge in [0.25, 0.3) is 0 Å². The van der Waals surface area contributed by atoms with Gasteiger partial charge in [-0.15, -0.1) is 0 Å². The monoisotopic (exact) mass is 399 g/mol. The van der Waals surface area contributed by atoms with Crippen LogP contribution in [0.1, 0.15) is 36.1 Å². The minimum atomic E-state index is 0.267. The molecule has 0 bridgehead atoms. The van der Waals surface area contributed by atoms with Crippen molar-refractivity contribution in [2.24, 2.45) is 4.99 Å². The van der Waals surface area contributed by atoms with Crippen molar-refractivity contribution in [1.29, 1.82) is 0 Å². The predicted octanol–water partition coefficient (Wildman–Crippen LogP) is 1.87. The number of nitrogens with zero attached hydrogens (tertiary/aromatic N) is 5. The number of anilines is 1. The Bertz CT molecular complexity index is 844. The standard InChI is InChI=1S/C21H33N7O/c1-6-22-21(23-12-16-8-7-15(2)11-18(16)27(3)4)24-17-9-10-20-25-19(14-29-5)26-28(20)13-17/h7-8,11,17H,6,9-10,12-14H2,1-5H3,(H2,22,23,24). The third kappa shape index (κ3) is 5.47. The van der Waals surface area contributed by atoms with Crippen LogP contribution in [0.3, 0.4) is 0 Å². The number of fused-ring (bicyclic) bond motifs is 1. The van der Waals surface area contributed by atoms with E-state index in [0.717, 1.165) is 43.5 Å². The Kier molecular flexibility index (Phi) is 7.09. The Morgan fingerprint density at radius 1 is 1.38 bits per heavy atom. The van der Waals surface area contributed by atoms with Gasteiger partial charge in [0.1, 0.15) is 12.4 Å².